The molecule has 0 radical (unpaired) electrons. The van der Waals surface area contributed by atoms with Gasteiger partial charge >= 0.3 is 5.97 Å². The summed E-state index contributed by atoms with van der Waals surface area (Å²) in [7, 11) is -3.13. The Balaban J connectivity index is 1.84. The predicted octanol–water partition coefficient (Wildman–Crippen LogP) is 0.425. The van der Waals surface area contributed by atoms with Crippen LogP contribution in [0.4, 0.5) is 8.78 Å². The maximum absolute atomic E-state index is 12.9. The first-order chi connectivity index (χ1) is 10.2. The van der Waals surface area contributed by atoms with Gasteiger partial charge in [-0.25, -0.2) is 22.0 Å². The predicted molar refractivity (Wildman–Crippen MR) is 71.8 cm³/mol. The number of sulfone groups is 1. The maximum Gasteiger partial charge on any atom is 0.338 e. The zero-order valence-corrected chi connectivity index (χ0v) is 12.2. The number of esters is 1. The van der Waals surface area contributed by atoms with E-state index in [1.807, 2.05) is 0 Å². The Bertz CT molecular complexity index is 684. The van der Waals surface area contributed by atoms with Crippen LogP contribution in [0.15, 0.2) is 18.2 Å². The summed E-state index contributed by atoms with van der Waals surface area (Å²) in [6.07, 6.45) is 0.303. The van der Waals surface area contributed by atoms with Gasteiger partial charge in [0.1, 0.15) is 11.6 Å². The van der Waals surface area contributed by atoms with E-state index in [1.165, 1.54) is 0 Å². The number of carbonyl (C=O) groups is 2. The highest BCUT2D eigenvalue weighted by atomic mass is 32.2. The number of benzene rings is 1. The van der Waals surface area contributed by atoms with E-state index in [1.54, 1.807) is 0 Å². The number of carbonyl (C=O) groups excluding carboxylic acids is 2. The summed E-state index contributed by atoms with van der Waals surface area (Å²) in [6.45, 7) is -0.659. The van der Waals surface area contributed by atoms with Crippen molar-refractivity contribution in [2.24, 2.45) is 0 Å². The van der Waals surface area contributed by atoms with E-state index < -0.39 is 46.0 Å². The molecule has 0 bridgehead atoms. The summed E-state index contributed by atoms with van der Waals surface area (Å²) in [5.74, 6) is -3.75. The third-order valence-electron chi connectivity index (χ3n) is 3.03. The van der Waals surface area contributed by atoms with Crippen LogP contribution in [0.25, 0.3) is 0 Å². The van der Waals surface area contributed by atoms with Crippen molar-refractivity contribution in [3.05, 3.63) is 35.4 Å². The van der Waals surface area contributed by atoms with Gasteiger partial charge in [0.25, 0.3) is 5.91 Å². The van der Waals surface area contributed by atoms with Crippen LogP contribution >= 0.6 is 0 Å². The van der Waals surface area contributed by atoms with Crippen LogP contribution in [0.1, 0.15) is 16.8 Å². The Morgan fingerprint density at radius 2 is 1.86 bits per heavy atom. The van der Waals surface area contributed by atoms with Crippen LogP contribution in [-0.4, -0.2) is 44.4 Å². The van der Waals surface area contributed by atoms with Crippen molar-refractivity contribution in [2.75, 3.05) is 18.1 Å². The molecule has 1 amide bonds. The van der Waals surface area contributed by atoms with Gasteiger partial charge in [0, 0.05) is 12.1 Å². The lowest BCUT2D eigenvalue weighted by Crippen LogP contribution is -2.38. The fraction of sp³-hybridized carbons (Fsp3) is 0.385. The zero-order chi connectivity index (χ0) is 16.3. The molecule has 1 N–H and O–H groups in total. The minimum atomic E-state index is -3.13. The Morgan fingerprint density at radius 3 is 2.41 bits per heavy atom. The van der Waals surface area contributed by atoms with Crippen molar-refractivity contribution in [3.8, 4) is 0 Å². The van der Waals surface area contributed by atoms with Crippen LogP contribution in [0, 0.1) is 11.6 Å². The van der Waals surface area contributed by atoms with E-state index >= 15 is 0 Å². The summed E-state index contributed by atoms with van der Waals surface area (Å²) in [5, 5.41) is 2.42. The topological polar surface area (TPSA) is 89.5 Å². The third kappa shape index (κ3) is 4.48. The Hall–Kier alpha value is -2.03. The lowest BCUT2D eigenvalue weighted by Gasteiger charge is -2.11. The molecule has 1 heterocycles. The van der Waals surface area contributed by atoms with Crippen molar-refractivity contribution in [2.45, 2.75) is 12.5 Å². The molecule has 6 nitrogen and oxygen atoms in total. The lowest BCUT2D eigenvalue weighted by molar-refractivity contribution is -0.124. The fourth-order valence-corrected chi connectivity index (χ4v) is 3.74. The molecule has 1 aliphatic rings. The van der Waals surface area contributed by atoms with Gasteiger partial charge in [0.2, 0.25) is 0 Å². The molecule has 1 aliphatic heterocycles. The number of hydrogen-bond donors (Lipinski definition) is 1. The number of halogens is 2. The number of ether oxygens (including phenoxy) is 1. The van der Waals surface area contributed by atoms with Crippen molar-refractivity contribution in [3.63, 3.8) is 0 Å². The lowest BCUT2D eigenvalue weighted by atomic mass is 10.2. The molecule has 0 spiro atoms. The minimum absolute atomic E-state index is 0.000301. The first kappa shape index (κ1) is 16.3. The minimum Gasteiger partial charge on any atom is -0.452 e. The third-order valence-corrected chi connectivity index (χ3v) is 4.80. The quantitative estimate of drug-likeness (QED) is 0.807. The van der Waals surface area contributed by atoms with Gasteiger partial charge in [0.15, 0.2) is 16.4 Å². The molecule has 1 unspecified atom stereocenters. The van der Waals surface area contributed by atoms with Crippen LogP contribution in [0.2, 0.25) is 0 Å². The summed E-state index contributed by atoms with van der Waals surface area (Å²) in [5.41, 5.74) is -0.353. The Labute approximate surface area is 125 Å². The van der Waals surface area contributed by atoms with Gasteiger partial charge in [-0.15, -0.1) is 0 Å². The summed E-state index contributed by atoms with van der Waals surface area (Å²) < 4.78 is 53.0. The Kier molecular flexibility index (Phi) is 4.74. The van der Waals surface area contributed by atoms with Crippen molar-refractivity contribution in [1.29, 1.82) is 0 Å². The van der Waals surface area contributed by atoms with Gasteiger partial charge in [0.05, 0.1) is 17.1 Å². The van der Waals surface area contributed by atoms with Crippen LogP contribution in [0.3, 0.4) is 0 Å². The van der Waals surface area contributed by atoms with Crippen LogP contribution in [0.5, 0.6) is 0 Å². The van der Waals surface area contributed by atoms with Crippen LogP contribution < -0.4 is 5.32 Å². The van der Waals surface area contributed by atoms with Crippen molar-refractivity contribution >= 4 is 21.7 Å². The second-order valence-corrected chi connectivity index (χ2v) is 7.13. The highest BCUT2D eigenvalue weighted by Gasteiger charge is 2.29. The van der Waals surface area contributed by atoms with Crippen molar-refractivity contribution < 1.29 is 31.5 Å². The van der Waals surface area contributed by atoms with Gasteiger partial charge < -0.3 is 10.1 Å². The van der Waals surface area contributed by atoms with E-state index in [2.05, 4.69) is 10.1 Å². The molecule has 1 saturated heterocycles. The van der Waals surface area contributed by atoms with Gasteiger partial charge in [-0.3, -0.25) is 4.79 Å². The highest BCUT2D eigenvalue weighted by molar-refractivity contribution is 7.91. The first-order valence-corrected chi connectivity index (χ1v) is 8.20. The van der Waals surface area contributed by atoms with Crippen molar-refractivity contribution in [1.82, 2.24) is 5.32 Å². The van der Waals surface area contributed by atoms with E-state index in [0.29, 0.717) is 12.5 Å². The average molecular weight is 333 g/mol. The second-order valence-electron chi connectivity index (χ2n) is 4.90. The van der Waals surface area contributed by atoms with E-state index in [0.717, 1.165) is 12.1 Å². The summed E-state index contributed by atoms with van der Waals surface area (Å²) in [4.78, 5) is 23.1. The molecular weight excluding hydrogens is 320 g/mol. The molecule has 1 atom stereocenters. The number of nitrogens with one attached hydrogen (secondary N) is 1. The largest absolute Gasteiger partial charge is 0.452 e. The molecule has 0 aromatic heterocycles. The molecule has 1 aromatic carbocycles. The average Bonchev–Trinajstić information content (AvgIpc) is 2.74. The smallest absolute Gasteiger partial charge is 0.338 e. The Morgan fingerprint density at radius 1 is 1.23 bits per heavy atom. The molecule has 1 aromatic rings. The maximum atomic E-state index is 12.9. The van der Waals surface area contributed by atoms with E-state index in [4.69, 9.17) is 0 Å². The molecule has 1 fully saturated rings. The first-order valence-electron chi connectivity index (χ1n) is 6.38. The molecule has 9 heteroatoms. The molecule has 120 valence electrons. The number of rotatable bonds is 4. The monoisotopic (exact) mass is 333 g/mol. The molecule has 0 saturated carbocycles. The van der Waals surface area contributed by atoms with Gasteiger partial charge in [-0.1, -0.05) is 0 Å². The standard InChI is InChI=1S/C13H13F2NO5S/c14-9-3-8(4-10(15)5-9)13(18)21-6-12(17)16-11-1-2-22(19,20)7-11/h3-5,11H,1-2,6-7H2,(H,16,17). The summed E-state index contributed by atoms with van der Waals surface area (Å²) in [6, 6.07) is 1.66. The van der Waals surface area contributed by atoms with Crippen LogP contribution in [-0.2, 0) is 19.4 Å². The molecule has 0 aliphatic carbocycles. The number of hydrogen-bond acceptors (Lipinski definition) is 5. The number of amides is 1. The normalized spacial score (nSPS) is 19.6. The highest BCUT2D eigenvalue weighted by Crippen LogP contribution is 2.11. The second kappa shape index (κ2) is 6.39. The van der Waals surface area contributed by atoms with E-state index in [-0.39, 0.29) is 17.1 Å². The molecule has 2 rings (SSSR count). The zero-order valence-electron chi connectivity index (χ0n) is 11.3. The van der Waals surface area contributed by atoms with E-state index in [9.17, 15) is 26.8 Å². The van der Waals surface area contributed by atoms with Gasteiger partial charge in [-0.2, -0.15) is 0 Å². The SMILES string of the molecule is O=C(COC(=O)c1cc(F)cc(F)c1)NC1CCS(=O)(=O)C1. The fourth-order valence-electron chi connectivity index (χ4n) is 2.06. The summed E-state index contributed by atoms with van der Waals surface area (Å²) >= 11 is 0. The molecule has 22 heavy (non-hydrogen) atoms. The van der Waals surface area contributed by atoms with Gasteiger partial charge in [-0.05, 0) is 18.6 Å². The molecular formula is C13H13F2NO5S.